The molecule has 0 aliphatic rings. The highest BCUT2D eigenvalue weighted by atomic mass is 32.2. The minimum absolute atomic E-state index is 0.0328. The molecule has 1 amide bonds. The third-order valence-electron chi connectivity index (χ3n) is 3.53. The molecule has 0 aliphatic heterocycles. The van der Waals surface area contributed by atoms with Crippen molar-refractivity contribution in [3.63, 3.8) is 0 Å². The molecule has 1 atom stereocenters. The molecule has 0 saturated heterocycles. The number of hydrogen-bond acceptors (Lipinski definition) is 7. The molecule has 2 rings (SSSR count). The highest BCUT2D eigenvalue weighted by Crippen LogP contribution is 2.20. The lowest BCUT2D eigenvalue weighted by Crippen LogP contribution is -2.38. The fourth-order valence-corrected chi connectivity index (χ4v) is 2.97. The van der Waals surface area contributed by atoms with E-state index in [2.05, 4.69) is 39.6 Å². The summed E-state index contributed by atoms with van der Waals surface area (Å²) >= 11 is 1.31. The third kappa shape index (κ3) is 4.80. The Bertz CT molecular complexity index is 596. The first-order chi connectivity index (χ1) is 11.2. The van der Waals surface area contributed by atoms with E-state index in [1.165, 1.54) is 11.8 Å². The van der Waals surface area contributed by atoms with Crippen LogP contribution in [-0.2, 0) is 11.8 Å². The van der Waals surface area contributed by atoms with Crippen LogP contribution < -0.4 is 5.32 Å². The summed E-state index contributed by atoms with van der Waals surface area (Å²) in [7, 11) is 1.74. The summed E-state index contributed by atoms with van der Waals surface area (Å²) in [5.41, 5.74) is 0. The predicted molar refractivity (Wildman–Crippen MR) is 86.9 cm³/mol. The molecule has 0 fully saturated rings. The maximum absolute atomic E-state index is 12.1. The number of likely N-dealkylation sites (N-methyl/N-ethyl adjacent to an activating group) is 1. The van der Waals surface area contributed by atoms with Crippen molar-refractivity contribution in [1.29, 1.82) is 0 Å². The molecule has 23 heavy (non-hydrogen) atoms. The Morgan fingerprint density at radius 2 is 2.26 bits per heavy atom. The zero-order chi connectivity index (χ0) is 16.7. The molecule has 0 radical (unpaired) electrons. The molecule has 1 unspecified atom stereocenters. The van der Waals surface area contributed by atoms with Gasteiger partial charge in [0.25, 0.3) is 0 Å². The van der Waals surface area contributed by atoms with Gasteiger partial charge in [-0.2, -0.15) is 0 Å². The minimum Gasteiger partial charge on any atom is -0.468 e. The number of thioether (sulfide) groups is 1. The lowest BCUT2D eigenvalue weighted by molar-refractivity contribution is -0.118. The van der Waals surface area contributed by atoms with Gasteiger partial charge in [0.05, 0.1) is 18.1 Å². The first-order valence-corrected chi connectivity index (χ1v) is 8.53. The number of nitrogens with zero attached hydrogens (tertiary/aromatic N) is 5. The topological polar surface area (TPSA) is 89.1 Å². The Hall–Kier alpha value is -1.87. The number of nitrogens with one attached hydrogen (secondary N) is 1. The Labute approximate surface area is 139 Å². The van der Waals surface area contributed by atoms with E-state index in [-0.39, 0.29) is 17.7 Å². The quantitative estimate of drug-likeness (QED) is 0.685. The molecule has 8 nitrogen and oxygen atoms in total. The summed E-state index contributed by atoms with van der Waals surface area (Å²) in [5, 5.41) is 14.7. The molecule has 2 aromatic rings. The second-order valence-electron chi connectivity index (χ2n) is 4.93. The molecule has 0 spiro atoms. The SMILES string of the molecule is CCN(CC)C(CNC(=O)CSc1nnnn1C)c1ccco1. The minimum atomic E-state index is -0.0540. The highest BCUT2D eigenvalue weighted by molar-refractivity contribution is 7.99. The van der Waals surface area contributed by atoms with Gasteiger partial charge in [0.2, 0.25) is 11.1 Å². The summed E-state index contributed by atoms with van der Waals surface area (Å²) < 4.78 is 7.06. The Morgan fingerprint density at radius 1 is 1.48 bits per heavy atom. The normalized spacial score (nSPS) is 12.5. The van der Waals surface area contributed by atoms with E-state index in [0.29, 0.717) is 11.7 Å². The number of aryl methyl sites for hydroxylation is 1. The van der Waals surface area contributed by atoms with Crippen LogP contribution in [0.5, 0.6) is 0 Å². The molecule has 0 aromatic carbocycles. The molecule has 9 heteroatoms. The number of tetrazole rings is 1. The highest BCUT2D eigenvalue weighted by Gasteiger charge is 2.21. The largest absolute Gasteiger partial charge is 0.468 e. The summed E-state index contributed by atoms with van der Waals surface area (Å²) in [6.45, 7) is 6.47. The van der Waals surface area contributed by atoms with Gasteiger partial charge >= 0.3 is 0 Å². The van der Waals surface area contributed by atoms with Crippen LogP contribution in [0.1, 0.15) is 25.6 Å². The monoisotopic (exact) mass is 338 g/mol. The van der Waals surface area contributed by atoms with E-state index in [0.717, 1.165) is 18.8 Å². The number of carbonyl (C=O) groups is 1. The fourth-order valence-electron chi connectivity index (χ4n) is 2.29. The molecule has 2 heterocycles. The van der Waals surface area contributed by atoms with Crippen molar-refractivity contribution in [3.8, 4) is 0 Å². The standard InChI is InChI=1S/C14H22N6O2S/c1-4-20(5-2)11(12-7-6-8-22-12)9-15-13(21)10-23-14-16-17-18-19(14)3/h6-8,11H,4-5,9-10H2,1-3H3,(H,15,21). The third-order valence-corrected chi connectivity index (χ3v) is 4.54. The van der Waals surface area contributed by atoms with E-state index in [4.69, 9.17) is 4.42 Å². The van der Waals surface area contributed by atoms with Crippen LogP contribution in [0.3, 0.4) is 0 Å². The Kier molecular flexibility index (Phi) is 6.60. The van der Waals surface area contributed by atoms with Crippen LogP contribution in [0.2, 0.25) is 0 Å². The first kappa shape index (κ1) is 17.5. The van der Waals surface area contributed by atoms with Gasteiger partial charge < -0.3 is 9.73 Å². The van der Waals surface area contributed by atoms with Gasteiger partial charge in [-0.05, 0) is 35.6 Å². The summed E-state index contributed by atoms with van der Waals surface area (Å²) in [5.74, 6) is 1.08. The smallest absolute Gasteiger partial charge is 0.230 e. The molecular weight excluding hydrogens is 316 g/mol. The van der Waals surface area contributed by atoms with Gasteiger partial charge in [-0.3, -0.25) is 9.69 Å². The molecular formula is C14H22N6O2S. The molecule has 1 N–H and O–H groups in total. The number of carbonyl (C=O) groups excluding carboxylic acids is 1. The fraction of sp³-hybridized carbons (Fsp3) is 0.571. The van der Waals surface area contributed by atoms with E-state index < -0.39 is 0 Å². The van der Waals surface area contributed by atoms with Gasteiger partial charge in [-0.1, -0.05) is 25.6 Å². The van der Waals surface area contributed by atoms with Crippen LogP contribution in [0.4, 0.5) is 0 Å². The van der Waals surface area contributed by atoms with Crippen LogP contribution in [-0.4, -0.2) is 56.4 Å². The van der Waals surface area contributed by atoms with E-state index in [1.807, 2.05) is 12.1 Å². The second kappa shape index (κ2) is 8.68. The average molecular weight is 338 g/mol. The predicted octanol–water partition coefficient (Wildman–Crippen LogP) is 1.09. The summed E-state index contributed by atoms with van der Waals surface area (Å²) in [6, 6.07) is 3.84. The number of aromatic nitrogens is 4. The van der Waals surface area contributed by atoms with E-state index in [9.17, 15) is 4.79 Å². The van der Waals surface area contributed by atoms with Crippen molar-refractivity contribution >= 4 is 17.7 Å². The summed E-state index contributed by atoms with van der Waals surface area (Å²) in [6.07, 6.45) is 1.66. The zero-order valence-corrected chi connectivity index (χ0v) is 14.4. The average Bonchev–Trinajstić information content (AvgIpc) is 3.21. The van der Waals surface area contributed by atoms with Gasteiger partial charge in [0.15, 0.2) is 0 Å². The number of furan rings is 1. The maximum atomic E-state index is 12.1. The zero-order valence-electron chi connectivity index (χ0n) is 13.6. The van der Waals surface area contributed by atoms with Gasteiger partial charge in [0.1, 0.15) is 5.76 Å². The molecule has 0 aliphatic carbocycles. The molecule has 0 bridgehead atoms. The van der Waals surface area contributed by atoms with Crippen molar-refractivity contribution in [3.05, 3.63) is 24.2 Å². The van der Waals surface area contributed by atoms with E-state index in [1.54, 1.807) is 18.0 Å². The number of rotatable bonds is 9. The van der Waals surface area contributed by atoms with Gasteiger partial charge in [-0.15, -0.1) is 5.10 Å². The number of hydrogen-bond donors (Lipinski definition) is 1. The lowest BCUT2D eigenvalue weighted by atomic mass is 10.2. The van der Waals surface area contributed by atoms with Crippen LogP contribution >= 0.6 is 11.8 Å². The van der Waals surface area contributed by atoms with Crippen molar-refractivity contribution in [2.45, 2.75) is 25.0 Å². The lowest BCUT2D eigenvalue weighted by Gasteiger charge is -2.28. The van der Waals surface area contributed by atoms with Crippen LogP contribution in [0, 0.1) is 0 Å². The van der Waals surface area contributed by atoms with Crippen molar-refractivity contribution < 1.29 is 9.21 Å². The van der Waals surface area contributed by atoms with Crippen molar-refractivity contribution in [1.82, 2.24) is 30.4 Å². The van der Waals surface area contributed by atoms with Gasteiger partial charge in [-0.25, -0.2) is 4.68 Å². The first-order valence-electron chi connectivity index (χ1n) is 7.55. The Balaban J connectivity index is 1.87. The molecule has 126 valence electrons. The van der Waals surface area contributed by atoms with E-state index >= 15 is 0 Å². The van der Waals surface area contributed by atoms with Crippen LogP contribution in [0.25, 0.3) is 0 Å². The second-order valence-corrected chi connectivity index (χ2v) is 5.87. The van der Waals surface area contributed by atoms with Crippen molar-refractivity contribution in [2.24, 2.45) is 7.05 Å². The van der Waals surface area contributed by atoms with Crippen molar-refractivity contribution in [2.75, 3.05) is 25.4 Å². The van der Waals surface area contributed by atoms with Gasteiger partial charge in [0, 0.05) is 13.6 Å². The molecule has 2 aromatic heterocycles. The summed E-state index contributed by atoms with van der Waals surface area (Å²) in [4.78, 5) is 14.3. The molecule has 0 saturated carbocycles. The van der Waals surface area contributed by atoms with Crippen LogP contribution in [0.15, 0.2) is 28.0 Å². The maximum Gasteiger partial charge on any atom is 0.230 e. The number of amides is 1. The Morgan fingerprint density at radius 3 is 2.83 bits per heavy atom.